The van der Waals surface area contributed by atoms with Gasteiger partial charge in [0.25, 0.3) is 10.1 Å². The minimum absolute atomic E-state index is 0.134. The number of aliphatic hydroxyl groups is 1. The summed E-state index contributed by atoms with van der Waals surface area (Å²) in [5.74, 6) is -0.853. The first-order valence-electron chi connectivity index (χ1n) is 5.12. The summed E-state index contributed by atoms with van der Waals surface area (Å²) in [6.07, 6.45) is 0. The minimum atomic E-state index is -4.44. The van der Waals surface area contributed by atoms with Crippen LogP contribution in [0.5, 0.6) is 0 Å². The van der Waals surface area contributed by atoms with Gasteiger partial charge >= 0.3 is 0 Å². The molecule has 0 fully saturated rings. The number of carbonyl (C=O) groups is 1. The highest BCUT2D eigenvalue weighted by Gasteiger charge is 2.15. The van der Waals surface area contributed by atoms with Gasteiger partial charge in [-0.1, -0.05) is 12.1 Å². The molecule has 1 aromatic carbocycles. The summed E-state index contributed by atoms with van der Waals surface area (Å²) in [5.41, 5.74) is -0.421. The average Bonchev–Trinajstić information content (AvgIpc) is 2.27. The van der Waals surface area contributed by atoms with Crippen LogP contribution in [0.15, 0.2) is 50.8 Å². The zero-order valence-corrected chi connectivity index (χ0v) is 11.0. The molecule has 0 aliphatic rings. The molecule has 7 nitrogen and oxygen atoms in total. The van der Waals surface area contributed by atoms with Crippen molar-refractivity contribution in [2.75, 3.05) is 0 Å². The molecule has 1 aromatic rings. The summed E-state index contributed by atoms with van der Waals surface area (Å²) in [7, 11) is -4.44. The number of hydrogen-bond acceptors (Lipinski definition) is 6. The third-order valence-electron chi connectivity index (χ3n) is 2.08. The maximum Gasteiger partial charge on any atom is 0.296 e. The van der Waals surface area contributed by atoms with Crippen LogP contribution in [0.3, 0.4) is 0 Å². The van der Waals surface area contributed by atoms with Crippen LogP contribution >= 0.6 is 0 Å². The molecular formula is C11H12N2O5S. The summed E-state index contributed by atoms with van der Waals surface area (Å²) >= 11 is 0. The standard InChI is InChI=1S/C11H12N2O5S/c1-7(14)11(8(2)15)13-12-9-5-3-4-6-10(9)19(16,17)18/h3-6,14H,1-2H3,(H,16,17,18)/b11-7-,13-12?. The van der Waals surface area contributed by atoms with Gasteiger partial charge in [-0.3, -0.25) is 9.35 Å². The molecule has 102 valence electrons. The normalized spacial score (nSPS) is 13.4. The predicted molar refractivity (Wildman–Crippen MR) is 66.8 cm³/mol. The number of carbonyl (C=O) groups excluding carboxylic acids is 1. The lowest BCUT2D eigenvalue weighted by Gasteiger charge is -2.01. The van der Waals surface area contributed by atoms with Crippen LogP contribution in [0.4, 0.5) is 5.69 Å². The Morgan fingerprint density at radius 1 is 1.21 bits per heavy atom. The number of hydrogen-bond donors (Lipinski definition) is 2. The maximum absolute atomic E-state index is 11.1. The third kappa shape index (κ3) is 3.97. The van der Waals surface area contributed by atoms with Gasteiger partial charge < -0.3 is 5.11 Å². The van der Waals surface area contributed by atoms with E-state index in [1.165, 1.54) is 32.0 Å². The largest absolute Gasteiger partial charge is 0.510 e. The molecule has 0 atom stereocenters. The predicted octanol–water partition coefficient (Wildman–Crippen LogP) is 2.40. The Morgan fingerprint density at radius 2 is 1.79 bits per heavy atom. The fourth-order valence-corrected chi connectivity index (χ4v) is 1.88. The van der Waals surface area contributed by atoms with Crippen LogP contribution in [0.25, 0.3) is 0 Å². The van der Waals surface area contributed by atoms with Crippen LogP contribution in [0.2, 0.25) is 0 Å². The van der Waals surface area contributed by atoms with Crippen LogP contribution in [0.1, 0.15) is 13.8 Å². The third-order valence-corrected chi connectivity index (χ3v) is 2.98. The van der Waals surface area contributed by atoms with Crippen LogP contribution in [-0.4, -0.2) is 23.9 Å². The topological polar surface area (TPSA) is 116 Å². The monoisotopic (exact) mass is 284 g/mol. The van der Waals surface area contributed by atoms with Gasteiger partial charge in [-0.05, 0) is 19.1 Å². The maximum atomic E-state index is 11.1. The number of Topliss-reactive ketones (excluding diaryl/α,β-unsaturated/α-hetero) is 1. The molecule has 0 bridgehead atoms. The number of nitrogens with zero attached hydrogens (tertiary/aromatic N) is 2. The number of rotatable bonds is 4. The lowest BCUT2D eigenvalue weighted by Crippen LogP contribution is -1.99. The van der Waals surface area contributed by atoms with Gasteiger partial charge in [-0.25, -0.2) is 0 Å². The van der Waals surface area contributed by atoms with Crippen molar-refractivity contribution < 1.29 is 22.9 Å². The lowest BCUT2D eigenvalue weighted by atomic mass is 10.3. The van der Waals surface area contributed by atoms with Crippen molar-refractivity contribution in [3.63, 3.8) is 0 Å². The van der Waals surface area contributed by atoms with Crippen molar-refractivity contribution in [1.29, 1.82) is 0 Å². The second kappa shape index (κ2) is 5.72. The number of benzene rings is 1. The summed E-state index contributed by atoms with van der Waals surface area (Å²) < 4.78 is 31.2. The highest BCUT2D eigenvalue weighted by molar-refractivity contribution is 7.86. The average molecular weight is 284 g/mol. The van der Waals surface area contributed by atoms with E-state index in [0.29, 0.717) is 0 Å². The first kappa shape index (κ1) is 15.0. The van der Waals surface area contributed by atoms with Gasteiger partial charge in [-0.15, -0.1) is 10.2 Å². The second-order valence-corrected chi connectivity index (χ2v) is 5.02. The van der Waals surface area contributed by atoms with Crippen LogP contribution in [0, 0.1) is 0 Å². The molecule has 0 unspecified atom stereocenters. The van der Waals surface area contributed by atoms with Crippen molar-refractivity contribution in [1.82, 2.24) is 0 Å². The Labute approximate surface area is 110 Å². The Kier molecular flexibility index (Phi) is 4.52. The Bertz CT molecular complexity index is 657. The molecule has 8 heteroatoms. The molecule has 0 radical (unpaired) electrons. The summed E-state index contributed by atoms with van der Waals surface area (Å²) in [4.78, 5) is 10.7. The Morgan fingerprint density at radius 3 is 2.26 bits per heavy atom. The van der Waals surface area contributed by atoms with Gasteiger partial charge in [0.1, 0.15) is 16.3 Å². The van der Waals surface area contributed by atoms with E-state index in [0.717, 1.165) is 6.07 Å². The zero-order valence-electron chi connectivity index (χ0n) is 10.2. The molecule has 0 spiro atoms. The SMILES string of the molecule is CC(=O)/C(N=Nc1ccccc1S(=O)(=O)O)=C(\C)O. The van der Waals surface area contributed by atoms with Gasteiger partial charge in [0.05, 0.1) is 0 Å². The molecule has 0 amide bonds. The van der Waals surface area contributed by atoms with Crippen LogP contribution < -0.4 is 0 Å². The summed E-state index contributed by atoms with van der Waals surface area (Å²) in [6, 6.07) is 5.34. The number of allylic oxidation sites excluding steroid dienone is 2. The van der Waals surface area contributed by atoms with Gasteiger partial charge in [0.15, 0.2) is 11.5 Å². The van der Waals surface area contributed by atoms with Crippen molar-refractivity contribution in [2.24, 2.45) is 10.2 Å². The van der Waals surface area contributed by atoms with Crippen molar-refractivity contribution in [3.05, 3.63) is 35.7 Å². The molecule has 1 rings (SSSR count). The van der Waals surface area contributed by atoms with E-state index in [1.807, 2.05) is 0 Å². The summed E-state index contributed by atoms with van der Waals surface area (Å²) in [5, 5.41) is 16.3. The zero-order chi connectivity index (χ0) is 14.6. The van der Waals surface area contributed by atoms with E-state index in [2.05, 4.69) is 10.2 Å². The smallest absolute Gasteiger partial charge is 0.296 e. The van der Waals surface area contributed by atoms with Gasteiger partial charge in [0.2, 0.25) is 0 Å². The number of aliphatic hydroxyl groups excluding tert-OH is 1. The number of ketones is 1. The fourth-order valence-electron chi connectivity index (χ4n) is 1.26. The lowest BCUT2D eigenvalue weighted by molar-refractivity contribution is -0.113. The van der Waals surface area contributed by atoms with E-state index >= 15 is 0 Å². The molecule has 0 heterocycles. The van der Waals surface area contributed by atoms with E-state index < -0.39 is 20.8 Å². The van der Waals surface area contributed by atoms with Crippen LogP contribution in [-0.2, 0) is 14.9 Å². The highest BCUT2D eigenvalue weighted by Crippen LogP contribution is 2.24. The molecular weight excluding hydrogens is 272 g/mol. The first-order valence-corrected chi connectivity index (χ1v) is 6.56. The van der Waals surface area contributed by atoms with Gasteiger partial charge in [-0.2, -0.15) is 8.42 Å². The highest BCUT2D eigenvalue weighted by atomic mass is 32.2. The van der Waals surface area contributed by atoms with E-state index in [-0.39, 0.29) is 17.1 Å². The van der Waals surface area contributed by atoms with E-state index in [9.17, 15) is 18.3 Å². The molecule has 0 aliphatic heterocycles. The van der Waals surface area contributed by atoms with Crippen molar-refractivity contribution >= 4 is 21.6 Å². The molecule has 0 saturated carbocycles. The summed E-state index contributed by atoms with van der Waals surface area (Å²) in [6.45, 7) is 2.44. The van der Waals surface area contributed by atoms with Crippen molar-refractivity contribution in [3.8, 4) is 0 Å². The van der Waals surface area contributed by atoms with Gasteiger partial charge in [0, 0.05) is 6.92 Å². The van der Waals surface area contributed by atoms with Crippen molar-refractivity contribution in [2.45, 2.75) is 18.7 Å². The molecule has 2 N–H and O–H groups in total. The Balaban J connectivity index is 3.29. The Hall–Kier alpha value is -2.06. The van der Waals surface area contributed by atoms with E-state index in [1.54, 1.807) is 0 Å². The van der Waals surface area contributed by atoms with E-state index in [4.69, 9.17) is 4.55 Å². The molecule has 0 aliphatic carbocycles. The fraction of sp³-hybridized carbons (Fsp3) is 0.182. The minimum Gasteiger partial charge on any atom is -0.510 e. The second-order valence-electron chi connectivity index (χ2n) is 3.63. The molecule has 0 aromatic heterocycles. The number of azo groups is 1. The molecule has 0 saturated heterocycles. The quantitative estimate of drug-likeness (QED) is 0.381. The first-order chi connectivity index (χ1) is 8.73. The molecule has 19 heavy (non-hydrogen) atoms.